The van der Waals surface area contributed by atoms with Crippen LogP contribution < -0.4 is 0 Å². The Labute approximate surface area is 164 Å². The highest BCUT2D eigenvalue weighted by Crippen LogP contribution is 2.70. The lowest BCUT2D eigenvalue weighted by Crippen LogP contribution is -2.59. The van der Waals surface area contributed by atoms with Gasteiger partial charge in [0.25, 0.3) is 0 Å². The van der Waals surface area contributed by atoms with E-state index in [0.29, 0.717) is 40.6 Å². The Morgan fingerprint density at radius 2 is 1.78 bits per heavy atom. The van der Waals surface area contributed by atoms with Gasteiger partial charge in [-0.05, 0) is 78.4 Å². The van der Waals surface area contributed by atoms with Gasteiger partial charge in [0.2, 0.25) is 0 Å². The number of hydrogen-bond donors (Lipinski definition) is 1. The van der Waals surface area contributed by atoms with Gasteiger partial charge in [0.1, 0.15) is 0 Å². The van der Waals surface area contributed by atoms with Crippen LogP contribution in [-0.2, 0) is 9.59 Å². The van der Waals surface area contributed by atoms with Gasteiger partial charge in [0, 0.05) is 12.0 Å². The predicted molar refractivity (Wildman–Crippen MR) is 106 cm³/mol. The van der Waals surface area contributed by atoms with Crippen LogP contribution in [0.2, 0.25) is 0 Å². The minimum atomic E-state index is -0.884. The van der Waals surface area contributed by atoms with Crippen LogP contribution in [0.5, 0.6) is 0 Å². The van der Waals surface area contributed by atoms with E-state index >= 15 is 0 Å². The summed E-state index contributed by atoms with van der Waals surface area (Å²) < 4.78 is 0. The number of carboxylic acid groups (broad SMARTS) is 1. The van der Waals surface area contributed by atoms with E-state index in [1.165, 1.54) is 38.5 Å². The third-order valence-electron chi connectivity index (χ3n) is 9.51. The molecule has 4 aliphatic carbocycles. The Kier molecular flexibility index (Phi) is 4.40. The zero-order chi connectivity index (χ0) is 19.6. The van der Waals surface area contributed by atoms with Crippen molar-refractivity contribution in [3.8, 4) is 0 Å². The topological polar surface area (TPSA) is 54.4 Å². The van der Waals surface area contributed by atoms with Crippen molar-refractivity contribution in [1.29, 1.82) is 0 Å². The highest BCUT2D eigenvalue weighted by Gasteiger charge is 2.62. The van der Waals surface area contributed by atoms with Gasteiger partial charge in [0.05, 0.1) is 6.42 Å². The molecule has 0 heterocycles. The molecular formula is C24H36O3. The molecule has 2 unspecified atom stereocenters. The SMILES string of the molecule is CC1(C)CCC[C@@]2(C)C1CC[C@@]1(C)[C@@H]3CC(=O)C(CC(=O)O)=CC3CC[C@@H]12. The van der Waals surface area contributed by atoms with Crippen molar-refractivity contribution in [3.63, 3.8) is 0 Å². The van der Waals surface area contributed by atoms with Gasteiger partial charge in [-0.2, -0.15) is 0 Å². The summed E-state index contributed by atoms with van der Waals surface area (Å²) in [5.41, 5.74) is 1.61. The largest absolute Gasteiger partial charge is 0.481 e. The van der Waals surface area contributed by atoms with Crippen molar-refractivity contribution in [2.24, 2.45) is 39.9 Å². The van der Waals surface area contributed by atoms with E-state index < -0.39 is 5.97 Å². The number of ketones is 1. The first kappa shape index (κ1) is 19.2. The molecule has 0 amide bonds. The predicted octanol–water partition coefficient (Wildman–Crippen LogP) is 5.64. The summed E-state index contributed by atoms with van der Waals surface area (Å²) in [6, 6.07) is 0. The fraction of sp³-hybridized carbons (Fsp3) is 0.833. The second-order valence-electron chi connectivity index (χ2n) is 11.2. The summed E-state index contributed by atoms with van der Waals surface area (Å²) in [7, 11) is 0. The summed E-state index contributed by atoms with van der Waals surface area (Å²) in [5, 5.41) is 9.14. The summed E-state index contributed by atoms with van der Waals surface area (Å²) >= 11 is 0. The van der Waals surface area contributed by atoms with Crippen LogP contribution in [0.15, 0.2) is 11.6 Å². The number of Topliss-reactive ketones (excluding diaryl/α,β-unsaturated/α-hetero) is 1. The lowest BCUT2D eigenvalue weighted by molar-refractivity contribution is -0.174. The molecule has 4 rings (SSSR count). The zero-order valence-corrected chi connectivity index (χ0v) is 17.5. The van der Waals surface area contributed by atoms with Crippen LogP contribution in [0, 0.1) is 39.9 Å². The van der Waals surface area contributed by atoms with Gasteiger partial charge in [-0.1, -0.05) is 40.2 Å². The van der Waals surface area contributed by atoms with Crippen LogP contribution in [0.25, 0.3) is 0 Å². The number of allylic oxidation sites excluding steroid dienone is 1. The van der Waals surface area contributed by atoms with Gasteiger partial charge in [-0.25, -0.2) is 0 Å². The Morgan fingerprint density at radius 1 is 1.04 bits per heavy atom. The van der Waals surface area contributed by atoms with E-state index in [2.05, 4.69) is 33.8 Å². The third-order valence-corrected chi connectivity index (χ3v) is 9.51. The number of carbonyl (C=O) groups is 2. The lowest BCUT2D eigenvalue weighted by atomic mass is 9.38. The highest BCUT2D eigenvalue weighted by atomic mass is 16.4. The van der Waals surface area contributed by atoms with Crippen molar-refractivity contribution in [3.05, 3.63) is 11.6 Å². The maximum absolute atomic E-state index is 12.7. The lowest BCUT2D eigenvalue weighted by Gasteiger charge is -2.67. The first-order valence-electron chi connectivity index (χ1n) is 11.0. The van der Waals surface area contributed by atoms with Crippen molar-refractivity contribution < 1.29 is 14.7 Å². The van der Waals surface area contributed by atoms with E-state index in [1.54, 1.807) is 0 Å². The molecule has 0 radical (unpaired) electrons. The smallest absolute Gasteiger partial charge is 0.307 e. The van der Waals surface area contributed by atoms with Gasteiger partial charge in [0.15, 0.2) is 5.78 Å². The maximum atomic E-state index is 12.7. The molecule has 3 saturated carbocycles. The average molecular weight is 373 g/mol. The zero-order valence-electron chi connectivity index (χ0n) is 17.5. The Morgan fingerprint density at radius 3 is 2.48 bits per heavy atom. The number of fused-ring (bicyclic) bond motifs is 5. The molecule has 3 nitrogen and oxygen atoms in total. The number of hydrogen-bond acceptors (Lipinski definition) is 2. The molecule has 4 aliphatic rings. The summed E-state index contributed by atoms with van der Waals surface area (Å²) in [4.78, 5) is 23.9. The van der Waals surface area contributed by atoms with E-state index in [9.17, 15) is 9.59 Å². The second-order valence-corrected chi connectivity index (χ2v) is 11.2. The van der Waals surface area contributed by atoms with Crippen molar-refractivity contribution in [2.45, 2.75) is 85.5 Å². The van der Waals surface area contributed by atoms with E-state index in [4.69, 9.17) is 5.11 Å². The molecule has 3 fully saturated rings. The van der Waals surface area contributed by atoms with Crippen LogP contribution in [0.1, 0.15) is 85.5 Å². The number of carbonyl (C=O) groups excluding carboxylic acids is 1. The monoisotopic (exact) mass is 372 g/mol. The normalized spacial score (nSPS) is 45.9. The van der Waals surface area contributed by atoms with Crippen molar-refractivity contribution >= 4 is 11.8 Å². The molecule has 0 saturated heterocycles. The maximum Gasteiger partial charge on any atom is 0.307 e. The van der Waals surface area contributed by atoms with Crippen molar-refractivity contribution in [2.75, 3.05) is 0 Å². The summed E-state index contributed by atoms with van der Waals surface area (Å²) in [6.07, 6.45) is 11.5. The third kappa shape index (κ3) is 2.83. The average Bonchev–Trinajstić information content (AvgIpc) is 2.54. The molecule has 6 atom stereocenters. The molecule has 0 aromatic heterocycles. The minimum absolute atomic E-state index is 0.0942. The molecule has 27 heavy (non-hydrogen) atoms. The quantitative estimate of drug-likeness (QED) is 0.683. The molecule has 3 heteroatoms. The van der Waals surface area contributed by atoms with Gasteiger partial charge in [-0.3, -0.25) is 9.59 Å². The Hall–Kier alpha value is -1.12. The molecule has 0 aromatic rings. The molecule has 150 valence electrons. The highest BCUT2D eigenvalue weighted by molar-refractivity contribution is 5.99. The van der Waals surface area contributed by atoms with Gasteiger partial charge in [-0.15, -0.1) is 0 Å². The fourth-order valence-electron chi connectivity index (χ4n) is 8.43. The molecule has 0 spiro atoms. The van der Waals surface area contributed by atoms with Gasteiger partial charge < -0.3 is 5.11 Å². The molecule has 0 aromatic carbocycles. The number of rotatable bonds is 2. The standard InChI is InChI=1S/C24H36O3/c1-22(2)9-5-10-24(4)19(22)8-11-23(3)17-14-18(25)16(13-21(26)27)12-15(17)6-7-20(23)24/h12,15,17,19-20H,5-11,13-14H2,1-4H3,(H,26,27)/t15?,17-,19?,20+,23+,24+/m1/s1. The summed E-state index contributed by atoms with van der Waals surface area (Å²) in [5.74, 6) is 1.51. The summed E-state index contributed by atoms with van der Waals surface area (Å²) in [6.45, 7) is 10.0. The van der Waals surface area contributed by atoms with E-state index in [1.807, 2.05) is 0 Å². The fourth-order valence-corrected chi connectivity index (χ4v) is 8.43. The van der Waals surface area contributed by atoms with Crippen LogP contribution in [-0.4, -0.2) is 16.9 Å². The molecule has 0 bridgehead atoms. The second kappa shape index (κ2) is 6.19. The van der Waals surface area contributed by atoms with Crippen LogP contribution in [0.3, 0.4) is 0 Å². The molecule has 0 aliphatic heterocycles. The Bertz CT molecular complexity index is 690. The Balaban J connectivity index is 1.66. The van der Waals surface area contributed by atoms with Crippen LogP contribution in [0.4, 0.5) is 0 Å². The van der Waals surface area contributed by atoms with E-state index in [-0.39, 0.29) is 17.6 Å². The number of carboxylic acids is 1. The first-order chi connectivity index (χ1) is 12.6. The van der Waals surface area contributed by atoms with Gasteiger partial charge >= 0.3 is 5.97 Å². The molecule has 1 N–H and O–H groups in total. The van der Waals surface area contributed by atoms with E-state index in [0.717, 1.165) is 12.3 Å². The number of aliphatic carboxylic acids is 1. The first-order valence-corrected chi connectivity index (χ1v) is 11.0. The minimum Gasteiger partial charge on any atom is -0.481 e. The molecular weight excluding hydrogens is 336 g/mol. The van der Waals surface area contributed by atoms with Crippen LogP contribution >= 0.6 is 0 Å². The van der Waals surface area contributed by atoms with Crippen molar-refractivity contribution in [1.82, 2.24) is 0 Å².